The summed E-state index contributed by atoms with van der Waals surface area (Å²) in [5.41, 5.74) is 5.96. The summed E-state index contributed by atoms with van der Waals surface area (Å²) in [5.74, 6) is 0. The summed E-state index contributed by atoms with van der Waals surface area (Å²) in [6, 6.07) is 24.2. The highest BCUT2D eigenvalue weighted by molar-refractivity contribution is 6.31. The summed E-state index contributed by atoms with van der Waals surface area (Å²) >= 11 is 12.4. The Morgan fingerprint density at radius 2 is 1.58 bits per heavy atom. The molecule has 3 aromatic carbocycles. The van der Waals surface area contributed by atoms with Crippen molar-refractivity contribution < 1.29 is 0 Å². The number of nitrogens with zero attached hydrogens (tertiary/aromatic N) is 2. The van der Waals surface area contributed by atoms with Gasteiger partial charge in [-0.1, -0.05) is 71.7 Å². The summed E-state index contributed by atoms with van der Waals surface area (Å²) in [4.78, 5) is 8.25. The Kier molecular flexibility index (Phi) is 4.88. The van der Waals surface area contributed by atoms with Gasteiger partial charge in [-0.15, -0.1) is 0 Å². The fourth-order valence-corrected chi connectivity index (χ4v) is 4.43. The summed E-state index contributed by atoms with van der Waals surface area (Å²) in [6.45, 7) is 4.39. The minimum Gasteiger partial charge on any atom is -0.360 e. The Morgan fingerprint density at radius 1 is 0.871 bits per heavy atom. The number of H-pyrrole nitrogens is 1. The summed E-state index contributed by atoms with van der Waals surface area (Å²) in [7, 11) is 0. The van der Waals surface area contributed by atoms with Crippen LogP contribution in [0.5, 0.6) is 0 Å². The molecule has 1 N–H and O–H groups in total. The molecule has 3 nitrogen and oxygen atoms in total. The van der Waals surface area contributed by atoms with Crippen LogP contribution in [0.25, 0.3) is 33.4 Å². The van der Waals surface area contributed by atoms with Gasteiger partial charge in [0.05, 0.1) is 23.3 Å². The average Bonchev–Trinajstić information content (AvgIpc) is 3.38. The van der Waals surface area contributed by atoms with Gasteiger partial charge in [-0.25, -0.2) is 4.98 Å². The highest BCUT2D eigenvalue weighted by atomic mass is 35.5. The first-order valence-corrected chi connectivity index (χ1v) is 10.9. The highest BCUT2D eigenvalue weighted by Crippen LogP contribution is 2.40. The van der Waals surface area contributed by atoms with Crippen LogP contribution in [0.4, 0.5) is 0 Å². The standard InChI is InChI=1S/C26H21Cl2N3/c1-26(2,18-8-10-19(27)11-9-18)31-16-30-24(17-6-4-3-5-7-17)25(31)22-15-29-23-14-20(28)12-13-21(22)23/h3-16,29H,1-2H3. The van der Waals surface area contributed by atoms with Crippen molar-refractivity contribution in [3.05, 3.63) is 101 Å². The first-order chi connectivity index (χ1) is 14.9. The van der Waals surface area contributed by atoms with Gasteiger partial charge in [-0.3, -0.25) is 0 Å². The summed E-state index contributed by atoms with van der Waals surface area (Å²) in [6.07, 6.45) is 3.97. The molecule has 0 bridgehead atoms. The zero-order valence-corrected chi connectivity index (χ0v) is 18.7. The fraction of sp³-hybridized carbons (Fsp3) is 0.115. The molecule has 2 heterocycles. The van der Waals surface area contributed by atoms with Crippen LogP contribution in [0, 0.1) is 0 Å². The molecule has 0 atom stereocenters. The third kappa shape index (κ3) is 3.44. The Balaban J connectivity index is 1.78. The zero-order valence-electron chi connectivity index (χ0n) is 17.2. The smallest absolute Gasteiger partial charge is 0.0966 e. The molecule has 0 radical (unpaired) electrons. The quantitative estimate of drug-likeness (QED) is 0.300. The van der Waals surface area contributed by atoms with Gasteiger partial charge >= 0.3 is 0 Å². The second kappa shape index (κ2) is 7.60. The van der Waals surface area contributed by atoms with Crippen LogP contribution in [0.15, 0.2) is 85.3 Å². The van der Waals surface area contributed by atoms with Gasteiger partial charge in [-0.05, 0) is 43.7 Å². The molecule has 5 rings (SSSR count). The van der Waals surface area contributed by atoms with E-state index in [4.69, 9.17) is 28.2 Å². The van der Waals surface area contributed by atoms with Gasteiger partial charge < -0.3 is 9.55 Å². The highest BCUT2D eigenvalue weighted by Gasteiger charge is 2.29. The van der Waals surface area contributed by atoms with E-state index in [0.29, 0.717) is 5.02 Å². The molecule has 154 valence electrons. The number of halogens is 2. The second-order valence-electron chi connectivity index (χ2n) is 8.14. The molecule has 0 aliphatic heterocycles. The monoisotopic (exact) mass is 445 g/mol. The van der Waals surface area contributed by atoms with E-state index in [2.05, 4.69) is 53.7 Å². The summed E-state index contributed by atoms with van der Waals surface area (Å²) in [5, 5.41) is 2.54. The van der Waals surface area contributed by atoms with Crippen LogP contribution in [-0.2, 0) is 5.54 Å². The van der Waals surface area contributed by atoms with Crippen LogP contribution < -0.4 is 0 Å². The maximum absolute atomic E-state index is 6.23. The minimum atomic E-state index is -0.351. The lowest BCUT2D eigenvalue weighted by Gasteiger charge is -2.30. The van der Waals surface area contributed by atoms with E-state index in [1.54, 1.807) is 0 Å². The van der Waals surface area contributed by atoms with Crippen LogP contribution in [0.2, 0.25) is 10.0 Å². The van der Waals surface area contributed by atoms with Gasteiger partial charge in [-0.2, -0.15) is 0 Å². The van der Waals surface area contributed by atoms with Crippen molar-refractivity contribution >= 4 is 34.1 Å². The fourth-order valence-electron chi connectivity index (χ4n) is 4.13. The predicted octanol–water partition coefficient (Wildman–Crippen LogP) is 7.79. The van der Waals surface area contributed by atoms with Crippen LogP contribution >= 0.6 is 23.2 Å². The molecule has 5 heteroatoms. The maximum Gasteiger partial charge on any atom is 0.0966 e. The molecular formula is C26H21Cl2N3. The van der Waals surface area contributed by atoms with Crippen molar-refractivity contribution in [1.82, 2.24) is 14.5 Å². The van der Waals surface area contributed by atoms with Gasteiger partial charge in [0, 0.05) is 38.3 Å². The first kappa shape index (κ1) is 19.9. The van der Waals surface area contributed by atoms with E-state index >= 15 is 0 Å². The number of benzene rings is 3. The Labute approximate surface area is 191 Å². The Bertz CT molecular complexity index is 1360. The molecular weight excluding hydrogens is 425 g/mol. The number of rotatable bonds is 4. The normalized spacial score (nSPS) is 11.9. The molecule has 5 aromatic rings. The molecule has 0 saturated heterocycles. The van der Waals surface area contributed by atoms with Crippen molar-refractivity contribution in [1.29, 1.82) is 0 Å². The van der Waals surface area contributed by atoms with Crippen LogP contribution in [0.3, 0.4) is 0 Å². The molecule has 0 spiro atoms. The van der Waals surface area contributed by atoms with Crippen molar-refractivity contribution in [2.75, 3.05) is 0 Å². The van der Waals surface area contributed by atoms with Crippen molar-refractivity contribution in [2.45, 2.75) is 19.4 Å². The first-order valence-electron chi connectivity index (χ1n) is 10.1. The minimum absolute atomic E-state index is 0.351. The molecule has 0 amide bonds. The van der Waals surface area contributed by atoms with Gasteiger partial charge in [0.2, 0.25) is 0 Å². The zero-order chi connectivity index (χ0) is 21.6. The molecule has 0 saturated carbocycles. The Hall–Kier alpha value is -3.01. The number of aromatic nitrogens is 3. The molecule has 0 aliphatic rings. The second-order valence-corrected chi connectivity index (χ2v) is 9.01. The lowest BCUT2D eigenvalue weighted by Crippen LogP contribution is -2.27. The van der Waals surface area contributed by atoms with Crippen LogP contribution in [-0.4, -0.2) is 14.5 Å². The number of imidazole rings is 1. The number of aromatic amines is 1. The third-order valence-corrected chi connectivity index (χ3v) is 6.35. The number of fused-ring (bicyclic) bond motifs is 1. The van der Waals surface area contributed by atoms with Crippen LogP contribution in [0.1, 0.15) is 19.4 Å². The molecule has 31 heavy (non-hydrogen) atoms. The van der Waals surface area contributed by atoms with Gasteiger partial charge in [0.15, 0.2) is 0 Å². The lowest BCUT2D eigenvalue weighted by molar-refractivity contribution is 0.440. The number of nitrogens with one attached hydrogen (secondary N) is 1. The van der Waals surface area contributed by atoms with E-state index < -0.39 is 0 Å². The Morgan fingerprint density at radius 3 is 2.32 bits per heavy atom. The lowest BCUT2D eigenvalue weighted by atomic mass is 9.92. The number of hydrogen-bond acceptors (Lipinski definition) is 1. The van der Waals surface area contributed by atoms with E-state index in [1.807, 2.05) is 55.0 Å². The third-order valence-electron chi connectivity index (χ3n) is 5.87. The average molecular weight is 446 g/mol. The van der Waals surface area contributed by atoms with Gasteiger partial charge in [0.1, 0.15) is 0 Å². The molecule has 0 aliphatic carbocycles. The van der Waals surface area contributed by atoms with Crippen molar-refractivity contribution in [2.24, 2.45) is 0 Å². The predicted molar refractivity (Wildman–Crippen MR) is 130 cm³/mol. The van der Waals surface area contributed by atoms with Gasteiger partial charge in [0.25, 0.3) is 0 Å². The topological polar surface area (TPSA) is 33.6 Å². The van der Waals surface area contributed by atoms with E-state index in [9.17, 15) is 0 Å². The molecule has 2 aromatic heterocycles. The largest absolute Gasteiger partial charge is 0.360 e. The van der Waals surface area contributed by atoms with E-state index in [0.717, 1.165) is 44.0 Å². The molecule has 0 unspecified atom stereocenters. The number of hydrogen-bond donors (Lipinski definition) is 1. The maximum atomic E-state index is 6.23. The SMILES string of the molecule is CC(C)(c1ccc(Cl)cc1)n1cnc(-c2ccccc2)c1-c1c[nH]c2cc(Cl)ccc12. The van der Waals surface area contributed by atoms with E-state index in [1.165, 1.54) is 0 Å². The molecule has 0 fully saturated rings. The van der Waals surface area contributed by atoms with E-state index in [-0.39, 0.29) is 5.54 Å². The summed E-state index contributed by atoms with van der Waals surface area (Å²) < 4.78 is 2.25. The van der Waals surface area contributed by atoms with Crippen molar-refractivity contribution in [3.8, 4) is 22.5 Å². The van der Waals surface area contributed by atoms with Crippen molar-refractivity contribution in [3.63, 3.8) is 0 Å².